The Labute approximate surface area is 427 Å². The van der Waals surface area contributed by atoms with Gasteiger partial charge in [-0.15, -0.1) is 0 Å². The van der Waals surface area contributed by atoms with Crippen molar-refractivity contribution in [3.63, 3.8) is 0 Å². The van der Waals surface area contributed by atoms with Gasteiger partial charge >= 0.3 is 47.8 Å². The molecule has 3 aromatic rings. The van der Waals surface area contributed by atoms with Gasteiger partial charge in [0.05, 0.1) is 17.1 Å². The second-order valence-corrected chi connectivity index (χ2v) is 15.5. The molecule has 24 nitrogen and oxygen atoms in total. The Bertz CT molecular complexity index is 2840. The number of esters is 8. The third-order valence-electron chi connectivity index (χ3n) is 9.80. The van der Waals surface area contributed by atoms with Gasteiger partial charge in [-0.2, -0.15) is 0 Å². The molecule has 0 radical (unpaired) electrons. The molecule has 1 heterocycles. The topological polar surface area (TPSA) is 284 Å². The van der Waals surface area contributed by atoms with Crippen LogP contribution in [0.2, 0.25) is 0 Å². The van der Waals surface area contributed by atoms with Gasteiger partial charge in [0.1, 0.15) is 68.0 Å². The number of hydrogen-bond donors (Lipinski definition) is 0. The monoisotopic (exact) mass is 1040 g/mol. The number of para-hydroxylation sites is 2. The number of fused-ring (bicyclic) bond motifs is 2. The number of hydrogen-bond acceptors (Lipinski definition) is 24. The number of benzene rings is 4. The summed E-state index contributed by atoms with van der Waals surface area (Å²) >= 11 is 0. The third kappa shape index (κ3) is 18.3. The van der Waals surface area contributed by atoms with Crippen LogP contribution in [-0.2, 0) is 81.0 Å². The summed E-state index contributed by atoms with van der Waals surface area (Å²) in [5, 5.41) is 0.520. The average molecular weight is 1040 g/mol. The molecule has 1 aliphatic heterocycles. The fraction of sp³-hybridized carbons (Fsp3) is 0.314. The Morgan fingerprint density at radius 1 is 0.493 bits per heavy atom. The van der Waals surface area contributed by atoms with E-state index in [1.807, 2.05) is 0 Å². The van der Waals surface area contributed by atoms with Gasteiger partial charge in [-0.25, -0.2) is 0 Å². The molecule has 0 bridgehead atoms. The first-order valence-corrected chi connectivity index (χ1v) is 22.4. The summed E-state index contributed by atoms with van der Waals surface area (Å²) < 4.78 is 69.0. The summed E-state index contributed by atoms with van der Waals surface area (Å²) in [5.41, 5.74) is 1.72. The highest BCUT2D eigenvalue weighted by atomic mass is 16.7. The fourth-order valence-electron chi connectivity index (χ4n) is 6.61. The van der Waals surface area contributed by atoms with Crippen LogP contribution in [0.5, 0.6) is 17.2 Å². The normalized spacial score (nSPS) is 10.5. The van der Waals surface area contributed by atoms with Gasteiger partial charge in [0.2, 0.25) is 34.0 Å². The van der Waals surface area contributed by atoms with Gasteiger partial charge in [-0.3, -0.25) is 43.2 Å². The number of ether oxygens (including phenoxy) is 12. The molecule has 24 heteroatoms. The van der Waals surface area contributed by atoms with Gasteiger partial charge < -0.3 is 71.1 Å². The smallest absolute Gasteiger partial charge is 0.328 e. The van der Waals surface area contributed by atoms with Crippen LogP contribution in [-0.4, -0.2) is 121 Å². The largest absolute Gasteiger partial charge is 0.488 e. The summed E-state index contributed by atoms with van der Waals surface area (Å²) in [4.78, 5) is 113. The van der Waals surface area contributed by atoms with E-state index < -0.39 is 101 Å². The second kappa shape index (κ2) is 28.0. The van der Waals surface area contributed by atoms with Crippen LogP contribution in [0.4, 0.5) is 11.4 Å². The molecule has 0 unspecified atom stereocenters. The van der Waals surface area contributed by atoms with Crippen molar-refractivity contribution in [3.05, 3.63) is 101 Å². The molecule has 398 valence electrons. The van der Waals surface area contributed by atoms with E-state index in [1.165, 1.54) is 34.9 Å². The SMILES string of the molecule is C=C(C)OCOC(=O)CN(CC(=O)OCOC(C)=O)c1ccccc1OCCOc1cc(-c2c3ccc(=O)cc-3oc3cc(OCOC(C)=O)ccc23)ccc1N(CC(=O)OCOC(C)=O)CC(=O)OCOC(C)=O. The van der Waals surface area contributed by atoms with Crippen molar-refractivity contribution in [2.75, 3.05) is 83.2 Å². The predicted octanol–water partition coefficient (Wildman–Crippen LogP) is 4.78. The van der Waals surface area contributed by atoms with E-state index in [2.05, 4.69) is 6.58 Å². The third-order valence-corrected chi connectivity index (χ3v) is 9.80. The molecule has 1 aliphatic carbocycles. The van der Waals surface area contributed by atoms with E-state index in [4.69, 9.17) is 61.3 Å². The standard InChI is InChI=1S/C51H52N2O22/c1-31(2)65-26-71-47(59)22-52(23-48(60)72-28-67-33(4)55)41-9-7-8-10-43(41)63-17-18-64-46-19-36(11-16-42(46)53(24-49(61)73-29-68-34(5)56)25-50(62)74-30-69-35(6)57)51-39-14-12-37(58)20-44(39)75-45-21-38(13-15-40(45)51)70-27-66-32(3)54/h7-16,19-21H,1,17-18,22-30H2,2-6H3. The maximum Gasteiger partial charge on any atom is 0.328 e. The molecule has 0 fully saturated rings. The Morgan fingerprint density at radius 3 is 1.52 bits per heavy atom. The first-order valence-electron chi connectivity index (χ1n) is 22.4. The van der Waals surface area contributed by atoms with Crippen LogP contribution in [0.15, 0.2) is 100 Å². The first-order chi connectivity index (χ1) is 35.9. The van der Waals surface area contributed by atoms with Crippen molar-refractivity contribution < 1.29 is 99.6 Å². The molecular weight excluding hydrogens is 993 g/mol. The summed E-state index contributed by atoms with van der Waals surface area (Å²) in [6, 6.07) is 20.2. The van der Waals surface area contributed by atoms with Crippen LogP contribution in [0, 0.1) is 0 Å². The maximum absolute atomic E-state index is 13.2. The molecule has 0 saturated carbocycles. The molecule has 0 saturated heterocycles. The van der Waals surface area contributed by atoms with E-state index >= 15 is 0 Å². The molecule has 0 N–H and O–H groups in total. The zero-order valence-corrected chi connectivity index (χ0v) is 41.4. The van der Waals surface area contributed by atoms with Crippen LogP contribution >= 0.6 is 0 Å². The lowest BCUT2D eigenvalue weighted by molar-refractivity contribution is -0.167. The van der Waals surface area contributed by atoms with Gasteiger partial charge in [-0.1, -0.05) is 24.8 Å². The van der Waals surface area contributed by atoms with E-state index in [-0.39, 0.29) is 71.2 Å². The molecule has 5 rings (SSSR count). The predicted molar refractivity (Wildman–Crippen MR) is 259 cm³/mol. The van der Waals surface area contributed by atoms with Crippen molar-refractivity contribution in [1.29, 1.82) is 0 Å². The van der Waals surface area contributed by atoms with Crippen molar-refractivity contribution in [2.45, 2.75) is 34.6 Å². The minimum atomic E-state index is -0.951. The van der Waals surface area contributed by atoms with Gasteiger partial charge in [-0.05, 0) is 61.0 Å². The lowest BCUT2D eigenvalue weighted by Crippen LogP contribution is -2.37. The molecule has 0 spiro atoms. The van der Waals surface area contributed by atoms with E-state index in [9.17, 15) is 43.2 Å². The number of nitrogens with zero attached hydrogens (tertiary/aromatic N) is 2. The van der Waals surface area contributed by atoms with Crippen molar-refractivity contribution in [2.24, 2.45) is 0 Å². The molecular formula is C51H52N2O22. The summed E-state index contributed by atoms with van der Waals surface area (Å²) in [6.07, 6.45) is 0. The highest BCUT2D eigenvalue weighted by molar-refractivity contribution is 6.02. The Hall–Kier alpha value is -9.35. The Balaban J connectivity index is 1.54. The maximum atomic E-state index is 13.2. The van der Waals surface area contributed by atoms with Crippen molar-refractivity contribution >= 4 is 70.1 Å². The van der Waals surface area contributed by atoms with Gasteiger partial charge in [0, 0.05) is 56.3 Å². The van der Waals surface area contributed by atoms with E-state index in [1.54, 1.807) is 67.6 Å². The highest BCUT2D eigenvalue weighted by Crippen LogP contribution is 2.43. The lowest BCUT2D eigenvalue weighted by Gasteiger charge is -2.26. The van der Waals surface area contributed by atoms with Crippen molar-refractivity contribution in [1.82, 2.24) is 0 Å². The van der Waals surface area contributed by atoms with Crippen LogP contribution in [0.3, 0.4) is 0 Å². The van der Waals surface area contributed by atoms with E-state index in [0.29, 0.717) is 22.1 Å². The molecule has 2 aliphatic rings. The van der Waals surface area contributed by atoms with Crippen LogP contribution < -0.4 is 29.4 Å². The van der Waals surface area contributed by atoms with Gasteiger partial charge in [0.25, 0.3) is 0 Å². The molecule has 0 atom stereocenters. The highest BCUT2D eigenvalue weighted by Gasteiger charge is 2.26. The molecule has 0 aromatic heterocycles. The fourth-order valence-corrected chi connectivity index (χ4v) is 6.61. The summed E-state index contributed by atoms with van der Waals surface area (Å²) in [5.74, 6) is -5.37. The number of anilines is 2. The number of rotatable bonds is 28. The van der Waals surface area contributed by atoms with Crippen molar-refractivity contribution in [3.8, 4) is 39.7 Å². The first kappa shape index (κ1) is 56.6. The van der Waals surface area contributed by atoms with Crippen LogP contribution in [0.25, 0.3) is 33.4 Å². The van der Waals surface area contributed by atoms with Crippen LogP contribution in [0.1, 0.15) is 34.6 Å². The average Bonchev–Trinajstić information content (AvgIpc) is 3.33. The molecule has 0 amide bonds. The quantitative estimate of drug-likeness (QED) is 0.0163. The summed E-state index contributed by atoms with van der Waals surface area (Å²) in [7, 11) is 0. The number of carbonyl (C=O) groups is 8. The Kier molecular flexibility index (Phi) is 21.1. The zero-order chi connectivity index (χ0) is 54.4. The van der Waals surface area contributed by atoms with E-state index in [0.717, 1.165) is 20.8 Å². The summed E-state index contributed by atoms with van der Waals surface area (Å²) in [6.45, 7) is 3.89. The lowest BCUT2D eigenvalue weighted by atomic mass is 9.93. The minimum Gasteiger partial charge on any atom is -0.488 e. The second-order valence-electron chi connectivity index (χ2n) is 15.5. The molecule has 3 aromatic carbocycles. The zero-order valence-electron chi connectivity index (χ0n) is 41.4. The number of allylic oxidation sites excluding steroid dienone is 1. The molecule has 75 heavy (non-hydrogen) atoms. The number of carbonyl (C=O) groups excluding carboxylic acids is 8. The Morgan fingerprint density at radius 2 is 0.987 bits per heavy atom. The minimum absolute atomic E-state index is 0.0331. The van der Waals surface area contributed by atoms with Gasteiger partial charge in [0.15, 0.2) is 5.43 Å².